The maximum atomic E-state index is 12.6. The van der Waals surface area contributed by atoms with Crippen LogP contribution in [0.2, 0.25) is 0 Å². The molecule has 12 nitrogen and oxygen atoms in total. The smallest absolute Gasteiger partial charge is 0.336 e. The number of ether oxygens (including phenoxy) is 7. The molecule has 1 unspecified atom stereocenters. The first-order chi connectivity index (χ1) is 25.9. The topological polar surface area (TPSA) is 157 Å². The number of hydrogen-bond acceptors (Lipinski definition) is 12. The molecule has 0 saturated carbocycles. The van der Waals surface area contributed by atoms with E-state index in [0.29, 0.717) is 43.8 Å². The van der Waals surface area contributed by atoms with Crippen molar-refractivity contribution in [3.05, 3.63) is 108 Å². The number of benzene rings is 3. The summed E-state index contributed by atoms with van der Waals surface area (Å²) in [5.74, 6) is -0.640. The van der Waals surface area contributed by atoms with Crippen LogP contribution < -0.4 is 18.9 Å². The summed E-state index contributed by atoms with van der Waals surface area (Å²) in [5.41, 5.74) is 1.38. The molecule has 0 radical (unpaired) electrons. The maximum absolute atomic E-state index is 12.6. The highest BCUT2D eigenvalue weighted by Crippen LogP contribution is 2.24. The van der Waals surface area contributed by atoms with Crippen LogP contribution in [0.25, 0.3) is 12.2 Å². The van der Waals surface area contributed by atoms with Crippen LogP contribution in [0.4, 0.5) is 0 Å². The predicted molar refractivity (Wildman–Crippen MR) is 204 cm³/mol. The summed E-state index contributed by atoms with van der Waals surface area (Å²) in [4.78, 5) is 48.0. The van der Waals surface area contributed by atoms with Crippen molar-refractivity contribution in [2.24, 2.45) is 0 Å². The normalized spacial score (nSPS) is 11.8. The third-order valence-electron chi connectivity index (χ3n) is 7.00. The Morgan fingerprint density at radius 3 is 1.94 bits per heavy atom. The molecule has 0 aromatic heterocycles. The number of hydrogen-bond donors (Lipinski definition) is 1. The largest absolute Gasteiger partial charge is 0.490 e. The maximum Gasteiger partial charge on any atom is 0.336 e. The summed E-state index contributed by atoms with van der Waals surface area (Å²) in [6.07, 6.45) is 8.71. The molecule has 1 atom stereocenters. The lowest BCUT2D eigenvalue weighted by molar-refractivity contribution is -0.148. The molecule has 12 heteroatoms. The van der Waals surface area contributed by atoms with E-state index in [1.807, 2.05) is 45.0 Å². The zero-order chi connectivity index (χ0) is 39.3. The van der Waals surface area contributed by atoms with E-state index in [1.54, 1.807) is 43.3 Å². The van der Waals surface area contributed by atoms with Gasteiger partial charge in [-0.3, -0.25) is 4.79 Å². The summed E-state index contributed by atoms with van der Waals surface area (Å²) in [5, 5.41) is 7.75. The molecule has 0 bridgehead atoms. The number of rotatable bonds is 21. The standard InChI is InChI=1S/C42H47NO11/c1-6-38(44)49-25-9-8-24-48-28-36(52-39(45)7-2)29-50-33-16-10-30(11-17-33)15-23-41(47)53-37-21-20-35(26-32(37)27-43)51-40(46)22-14-31-12-18-34(19-13-31)54-42(3,4)5/h7,10-23,26-27,36,43H,2,6,8-9,24-25,28-29H2,1,3-5H3/b22-14+,23-15+,43-27?. The molecule has 3 rings (SSSR count). The Hall–Kier alpha value is -6.01. The second kappa shape index (κ2) is 22.1. The molecule has 0 saturated heterocycles. The fourth-order valence-corrected chi connectivity index (χ4v) is 4.42. The average Bonchev–Trinajstić information content (AvgIpc) is 3.15. The summed E-state index contributed by atoms with van der Waals surface area (Å²) >= 11 is 0. The van der Waals surface area contributed by atoms with E-state index in [9.17, 15) is 19.2 Å². The first kappa shape index (κ1) is 42.4. The van der Waals surface area contributed by atoms with Crippen molar-refractivity contribution in [2.45, 2.75) is 58.7 Å². The van der Waals surface area contributed by atoms with Gasteiger partial charge >= 0.3 is 23.9 Å². The lowest BCUT2D eigenvalue weighted by atomic mass is 10.1. The van der Waals surface area contributed by atoms with Crippen LogP contribution in [0, 0.1) is 5.41 Å². The molecule has 286 valence electrons. The highest BCUT2D eigenvalue weighted by Gasteiger charge is 2.15. The minimum atomic E-state index is -0.685. The Morgan fingerprint density at radius 2 is 1.35 bits per heavy atom. The first-order valence-electron chi connectivity index (χ1n) is 17.4. The van der Waals surface area contributed by atoms with E-state index in [4.69, 9.17) is 38.6 Å². The van der Waals surface area contributed by atoms with Gasteiger partial charge in [-0.05, 0) is 99.4 Å². The van der Waals surface area contributed by atoms with Crippen molar-refractivity contribution >= 4 is 42.2 Å². The highest BCUT2D eigenvalue weighted by molar-refractivity contribution is 5.92. The summed E-state index contributed by atoms with van der Waals surface area (Å²) in [7, 11) is 0. The van der Waals surface area contributed by atoms with Crippen LogP contribution in [0.3, 0.4) is 0 Å². The molecule has 3 aromatic carbocycles. The summed E-state index contributed by atoms with van der Waals surface area (Å²) in [6.45, 7) is 11.9. The van der Waals surface area contributed by atoms with Gasteiger partial charge in [0.15, 0.2) is 6.10 Å². The predicted octanol–water partition coefficient (Wildman–Crippen LogP) is 7.33. The molecule has 0 spiro atoms. The molecule has 1 N–H and O–H groups in total. The minimum Gasteiger partial charge on any atom is -0.490 e. The lowest BCUT2D eigenvalue weighted by Gasteiger charge is -2.21. The summed E-state index contributed by atoms with van der Waals surface area (Å²) < 4.78 is 38.4. The SMILES string of the molecule is C=CC(=O)OC(COCCCCOC(=O)CC)COc1ccc(/C=C/C(=O)Oc2ccc(OC(=O)/C=C/c3ccc(OC(C)(C)C)cc3)cc2C=N)cc1. The molecule has 54 heavy (non-hydrogen) atoms. The van der Waals surface area contributed by atoms with Crippen LogP contribution >= 0.6 is 0 Å². The van der Waals surface area contributed by atoms with Gasteiger partial charge < -0.3 is 38.6 Å². The van der Waals surface area contributed by atoms with Crippen molar-refractivity contribution in [3.8, 4) is 23.0 Å². The number of esters is 4. The van der Waals surface area contributed by atoms with Gasteiger partial charge in [-0.1, -0.05) is 37.8 Å². The van der Waals surface area contributed by atoms with Crippen LogP contribution in [0.15, 0.2) is 91.5 Å². The van der Waals surface area contributed by atoms with Crippen LogP contribution in [-0.4, -0.2) is 68.2 Å². The molecule has 0 aliphatic carbocycles. The van der Waals surface area contributed by atoms with Crippen molar-refractivity contribution in [1.82, 2.24) is 0 Å². The fraction of sp³-hybridized carbons (Fsp3) is 0.310. The molecular weight excluding hydrogens is 694 g/mol. The second-order valence-corrected chi connectivity index (χ2v) is 12.6. The van der Waals surface area contributed by atoms with Gasteiger partial charge in [-0.25, -0.2) is 14.4 Å². The molecule has 0 fully saturated rings. The van der Waals surface area contributed by atoms with Gasteiger partial charge in [0.2, 0.25) is 0 Å². The number of carbonyl (C=O) groups is 4. The Balaban J connectivity index is 1.47. The Morgan fingerprint density at radius 1 is 0.759 bits per heavy atom. The van der Waals surface area contributed by atoms with E-state index >= 15 is 0 Å². The van der Waals surface area contributed by atoms with E-state index < -0.39 is 24.0 Å². The zero-order valence-corrected chi connectivity index (χ0v) is 31.0. The van der Waals surface area contributed by atoms with Crippen LogP contribution in [0.1, 0.15) is 63.6 Å². The highest BCUT2D eigenvalue weighted by atomic mass is 16.6. The summed E-state index contributed by atoms with van der Waals surface area (Å²) in [6, 6.07) is 18.4. The average molecular weight is 742 g/mol. The van der Waals surface area contributed by atoms with Crippen molar-refractivity contribution < 1.29 is 52.3 Å². The van der Waals surface area contributed by atoms with Crippen molar-refractivity contribution in [1.29, 1.82) is 5.41 Å². The van der Waals surface area contributed by atoms with Gasteiger partial charge in [0.1, 0.15) is 35.2 Å². The van der Waals surface area contributed by atoms with Gasteiger partial charge in [0.05, 0.1) is 13.2 Å². The lowest BCUT2D eigenvalue weighted by Crippen LogP contribution is -2.29. The number of carbonyl (C=O) groups excluding carboxylic acids is 4. The number of unbranched alkanes of at least 4 members (excludes halogenated alkanes) is 1. The van der Waals surface area contributed by atoms with Gasteiger partial charge in [0.25, 0.3) is 0 Å². The monoisotopic (exact) mass is 741 g/mol. The molecular formula is C42H47NO11. The van der Waals surface area contributed by atoms with E-state index in [0.717, 1.165) is 23.6 Å². The third-order valence-corrected chi connectivity index (χ3v) is 7.00. The van der Waals surface area contributed by atoms with E-state index in [-0.39, 0.29) is 41.8 Å². The van der Waals surface area contributed by atoms with Gasteiger partial charge in [-0.2, -0.15) is 0 Å². The Bertz CT molecular complexity index is 1770. The molecule has 0 heterocycles. The molecule has 0 aliphatic rings. The van der Waals surface area contributed by atoms with Crippen molar-refractivity contribution in [3.63, 3.8) is 0 Å². The quantitative estimate of drug-likeness (QED) is 0.0384. The second-order valence-electron chi connectivity index (χ2n) is 12.6. The van der Waals surface area contributed by atoms with Crippen LogP contribution in [0.5, 0.6) is 23.0 Å². The molecule has 0 aliphatic heterocycles. The Labute approximate surface area is 315 Å². The van der Waals surface area contributed by atoms with Crippen LogP contribution in [-0.2, 0) is 33.4 Å². The minimum absolute atomic E-state index is 0.0296. The van der Waals surface area contributed by atoms with E-state index in [1.165, 1.54) is 30.4 Å². The third kappa shape index (κ3) is 16.6. The molecule has 0 amide bonds. The van der Waals surface area contributed by atoms with Crippen molar-refractivity contribution in [2.75, 3.05) is 26.4 Å². The molecule has 3 aromatic rings. The fourth-order valence-electron chi connectivity index (χ4n) is 4.42. The number of nitrogens with one attached hydrogen (secondary N) is 1. The van der Waals surface area contributed by atoms with Gasteiger partial charge in [-0.15, -0.1) is 0 Å². The first-order valence-corrected chi connectivity index (χ1v) is 17.4. The van der Waals surface area contributed by atoms with Gasteiger partial charge in [0, 0.05) is 43.0 Å². The Kier molecular flexibility index (Phi) is 17.4. The zero-order valence-electron chi connectivity index (χ0n) is 31.0. The van der Waals surface area contributed by atoms with E-state index in [2.05, 4.69) is 6.58 Å².